The standard InChI is InChI=1S/C22H24ClN3O3/c1-15-14-24(9-10-25(15)20(27)13-23)21(28)19-12-18-8-11-29-22(18)26(19)16(2)17-6-4-3-5-7-17/h3-8,11-12,15-16H,9-10,13-14H2,1-2H3/t15-,16-/m0/s1. The molecule has 2 atom stereocenters. The Morgan fingerprint density at radius 3 is 2.66 bits per heavy atom. The first kappa shape index (κ1) is 19.6. The highest BCUT2D eigenvalue weighted by molar-refractivity contribution is 6.27. The van der Waals surface area contributed by atoms with E-state index in [1.807, 2.05) is 58.9 Å². The fourth-order valence-corrected chi connectivity index (χ4v) is 4.28. The first-order valence-corrected chi connectivity index (χ1v) is 10.3. The summed E-state index contributed by atoms with van der Waals surface area (Å²) in [5.74, 6) is -0.180. The minimum absolute atomic E-state index is 0.0356. The maximum absolute atomic E-state index is 13.4. The Labute approximate surface area is 174 Å². The molecule has 1 fully saturated rings. The molecule has 1 saturated heterocycles. The smallest absolute Gasteiger partial charge is 0.270 e. The van der Waals surface area contributed by atoms with Gasteiger partial charge in [0.2, 0.25) is 11.6 Å². The van der Waals surface area contributed by atoms with Gasteiger partial charge in [0.25, 0.3) is 5.91 Å². The molecule has 29 heavy (non-hydrogen) atoms. The minimum Gasteiger partial charge on any atom is -0.448 e. The summed E-state index contributed by atoms with van der Waals surface area (Å²) in [6.45, 7) is 5.46. The van der Waals surface area contributed by atoms with Gasteiger partial charge in [-0.3, -0.25) is 14.2 Å². The molecule has 152 valence electrons. The van der Waals surface area contributed by atoms with E-state index in [2.05, 4.69) is 6.92 Å². The van der Waals surface area contributed by atoms with Gasteiger partial charge in [-0.2, -0.15) is 0 Å². The Hall–Kier alpha value is -2.73. The van der Waals surface area contributed by atoms with Crippen molar-refractivity contribution in [3.05, 3.63) is 60.0 Å². The summed E-state index contributed by atoms with van der Waals surface area (Å²) in [6.07, 6.45) is 1.64. The molecule has 1 aromatic carbocycles. The van der Waals surface area contributed by atoms with Crippen LogP contribution in [-0.4, -0.2) is 57.7 Å². The largest absolute Gasteiger partial charge is 0.448 e. The number of piperazine rings is 1. The Morgan fingerprint density at radius 2 is 1.97 bits per heavy atom. The summed E-state index contributed by atoms with van der Waals surface area (Å²) in [5, 5.41) is 0.903. The molecule has 0 aliphatic carbocycles. The zero-order valence-electron chi connectivity index (χ0n) is 16.5. The third-order valence-corrected chi connectivity index (χ3v) is 5.91. The minimum atomic E-state index is -0.0927. The molecule has 1 aliphatic heterocycles. The lowest BCUT2D eigenvalue weighted by Crippen LogP contribution is -2.56. The number of amides is 2. The average molecular weight is 414 g/mol. The van der Waals surface area contributed by atoms with E-state index >= 15 is 0 Å². The van der Waals surface area contributed by atoms with Crippen molar-refractivity contribution in [1.82, 2.24) is 14.4 Å². The van der Waals surface area contributed by atoms with Gasteiger partial charge in [0, 0.05) is 31.1 Å². The van der Waals surface area contributed by atoms with Crippen molar-refractivity contribution in [3.63, 3.8) is 0 Å². The summed E-state index contributed by atoms with van der Waals surface area (Å²) in [4.78, 5) is 29.0. The van der Waals surface area contributed by atoms with E-state index in [4.69, 9.17) is 16.0 Å². The Bertz CT molecular complexity index is 1030. The number of hydrogen-bond donors (Lipinski definition) is 0. The molecular formula is C22H24ClN3O3. The van der Waals surface area contributed by atoms with Crippen LogP contribution in [0.25, 0.3) is 11.1 Å². The molecule has 0 N–H and O–H groups in total. The molecule has 2 aromatic heterocycles. The molecule has 0 bridgehead atoms. The predicted molar refractivity (Wildman–Crippen MR) is 112 cm³/mol. The Balaban J connectivity index is 1.65. The van der Waals surface area contributed by atoms with Gasteiger partial charge in [-0.25, -0.2) is 0 Å². The highest BCUT2D eigenvalue weighted by Crippen LogP contribution is 2.30. The molecule has 0 radical (unpaired) electrons. The molecule has 0 spiro atoms. The van der Waals surface area contributed by atoms with Crippen molar-refractivity contribution in [2.24, 2.45) is 0 Å². The van der Waals surface area contributed by atoms with Gasteiger partial charge < -0.3 is 14.2 Å². The van der Waals surface area contributed by atoms with E-state index in [9.17, 15) is 9.59 Å². The van der Waals surface area contributed by atoms with Crippen LogP contribution in [0, 0.1) is 0 Å². The van der Waals surface area contributed by atoms with Crippen LogP contribution in [-0.2, 0) is 4.79 Å². The zero-order valence-corrected chi connectivity index (χ0v) is 17.3. The topological polar surface area (TPSA) is 58.7 Å². The Morgan fingerprint density at radius 1 is 1.21 bits per heavy atom. The number of carbonyl (C=O) groups excluding carboxylic acids is 2. The van der Waals surface area contributed by atoms with Crippen molar-refractivity contribution >= 4 is 34.5 Å². The second kappa shape index (κ2) is 7.95. The van der Waals surface area contributed by atoms with Crippen LogP contribution in [0.3, 0.4) is 0 Å². The summed E-state index contributed by atoms with van der Waals surface area (Å²) < 4.78 is 7.68. The molecule has 4 rings (SSSR count). The van der Waals surface area contributed by atoms with E-state index in [0.29, 0.717) is 31.0 Å². The maximum atomic E-state index is 13.4. The lowest BCUT2D eigenvalue weighted by molar-refractivity contribution is -0.132. The fourth-order valence-electron chi connectivity index (χ4n) is 4.12. The molecule has 6 nitrogen and oxygen atoms in total. The summed E-state index contributed by atoms with van der Waals surface area (Å²) in [5.41, 5.74) is 2.38. The van der Waals surface area contributed by atoms with E-state index in [0.717, 1.165) is 10.9 Å². The number of aromatic nitrogens is 1. The van der Waals surface area contributed by atoms with E-state index in [1.165, 1.54) is 0 Å². The van der Waals surface area contributed by atoms with Gasteiger partial charge >= 0.3 is 0 Å². The van der Waals surface area contributed by atoms with Crippen LogP contribution >= 0.6 is 11.6 Å². The number of carbonyl (C=O) groups is 2. The predicted octanol–water partition coefficient (Wildman–Crippen LogP) is 3.76. The van der Waals surface area contributed by atoms with Crippen LogP contribution in [0.1, 0.15) is 35.9 Å². The number of furan rings is 1. The maximum Gasteiger partial charge on any atom is 0.270 e. The third kappa shape index (κ3) is 3.53. The number of fused-ring (bicyclic) bond motifs is 1. The first-order chi connectivity index (χ1) is 14.0. The Kier molecular flexibility index (Phi) is 5.37. The van der Waals surface area contributed by atoms with Crippen molar-refractivity contribution < 1.29 is 14.0 Å². The number of nitrogens with zero attached hydrogens (tertiary/aromatic N) is 3. The first-order valence-electron chi connectivity index (χ1n) is 9.79. The molecule has 0 saturated carbocycles. The number of halogens is 1. The highest BCUT2D eigenvalue weighted by Gasteiger charge is 2.32. The SMILES string of the molecule is C[C@H]1CN(C(=O)c2cc3ccoc3n2[C@@H](C)c2ccccc2)CCN1C(=O)CCl. The molecule has 3 heterocycles. The van der Waals surface area contributed by atoms with E-state index < -0.39 is 0 Å². The van der Waals surface area contributed by atoms with Crippen molar-refractivity contribution in [2.75, 3.05) is 25.5 Å². The van der Waals surface area contributed by atoms with Crippen LogP contribution in [0.15, 0.2) is 53.1 Å². The number of rotatable bonds is 4. The van der Waals surface area contributed by atoms with Gasteiger partial charge in [0.15, 0.2) is 0 Å². The third-order valence-electron chi connectivity index (χ3n) is 5.68. The van der Waals surface area contributed by atoms with Gasteiger partial charge in [0.05, 0.1) is 12.3 Å². The lowest BCUT2D eigenvalue weighted by atomic mass is 10.1. The van der Waals surface area contributed by atoms with Gasteiger partial charge in [-0.05, 0) is 31.5 Å². The number of hydrogen-bond acceptors (Lipinski definition) is 3. The quantitative estimate of drug-likeness (QED) is 0.612. The average Bonchev–Trinajstić information content (AvgIpc) is 3.34. The van der Waals surface area contributed by atoms with Crippen molar-refractivity contribution in [3.8, 4) is 0 Å². The molecular weight excluding hydrogens is 390 g/mol. The normalized spacial score (nSPS) is 18.2. The van der Waals surface area contributed by atoms with Crippen molar-refractivity contribution in [1.29, 1.82) is 0 Å². The van der Waals surface area contributed by atoms with Gasteiger partial charge in [-0.15, -0.1) is 11.6 Å². The van der Waals surface area contributed by atoms with Crippen LogP contribution in [0.5, 0.6) is 0 Å². The van der Waals surface area contributed by atoms with Gasteiger partial charge in [0.1, 0.15) is 11.6 Å². The molecule has 1 aliphatic rings. The summed E-state index contributed by atoms with van der Waals surface area (Å²) >= 11 is 5.71. The number of benzene rings is 1. The van der Waals surface area contributed by atoms with E-state index in [-0.39, 0.29) is 29.8 Å². The summed E-state index contributed by atoms with van der Waals surface area (Å²) in [6, 6.07) is 13.7. The molecule has 7 heteroatoms. The monoisotopic (exact) mass is 413 g/mol. The van der Waals surface area contributed by atoms with E-state index in [1.54, 1.807) is 11.2 Å². The summed E-state index contributed by atoms with van der Waals surface area (Å²) in [7, 11) is 0. The molecule has 2 amide bonds. The molecule has 3 aromatic rings. The second-order valence-electron chi connectivity index (χ2n) is 7.49. The fraction of sp³-hybridized carbons (Fsp3) is 0.364. The van der Waals surface area contributed by atoms with Crippen LogP contribution in [0.2, 0.25) is 0 Å². The molecule has 0 unspecified atom stereocenters. The van der Waals surface area contributed by atoms with Gasteiger partial charge in [-0.1, -0.05) is 30.3 Å². The van der Waals surface area contributed by atoms with Crippen LogP contribution < -0.4 is 0 Å². The highest BCUT2D eigenvalue weighted by atomic mass is 35.5. The van der Waals surface area contributed by atoms with Crippen molar-refractivity contribution in [2.45, 2.75) is 25.9 Å². The van der Waals surface area contributed by atoms with Crippen LogP contribution in [0.4, 0.5) is 0 Å². The lowest BCUT2D eigenvalue weighted by Gasteiger charge is -2.39. The number of alkyl halides is 1. The zero-order chi connectivity index (χ0) is 20.5. The second-order valence-corrected chi connectivity index (χ2v) is 7.76.